The van der Waals surface area contributed by atoms with Crippen molar-refractivity contribution >= 4 is 34.1 Å². The number of ether oxygens (including phenoxy) is 1. The summed E-state index contributed by atoms with van der Waals surface area (Å²) in [6.45, 7) is 10.5. The Labute approximate surface area is 194 Å². The molecule has 2 atom stereocenters. The van der Waals surface area contributed by atoms with E-state index in [0.29, 0.717) is 17.8 Å². The molecule has 2 aromatic heterocycles. The summed E-state index contributed by atoms with van der Waals surface area (Å²) in [6.07, 6.45) is 5.81. The first kappa shape index (κ1) is 21.6. The molecule has 2 aliphatic heterocycles. The van der Waals surface area contributed by atoms with Crippen LogP contribution in [0.15, 0.2) is 24.5 Å². The van der Waals surface area contributed by atoms with E-state index in [0.717, 1.165) is 66.5 Å². The van der Waals surface area contributed by atoms with E-state index >= 15 is 0 Å². The van der Waals surface area contributed by atoms with Crippen molar-refractivity contribution in [3.8, 4) is 0 Å². The number of hydrogen-bond acceptors (Lipinski definition) is 6. The fraction of sp³-hybridized carbons (Fsp3) is 0.542. The monoisotopic (exact) mass is 454 g/mol. The zero-order chi connectivity index (χ0) is 22.5. The van der Waals surface area contributed by atoms with Gasteiger partial charge in [0.1, 0.15) is 0 Å². The van der Waals surface area contributed by atoms with E-state index in [2.05, 4.69) is 40.2 Å². The van der Waals surface area contributed by atoms with Crippen molar-refractivity contribution in [2.24, 2.45) is 13.0 Å². The van der Waals surface area contributed by atoms with Gasteiger partial charge >= 0.3 is 0 Å². The minimum Gasteiger partial charge on any atom is -0.379 e. The first-order valence-corrected chi connectivity index (χ1v) is 11.8. The molecule has 8 heteroatoms. The van der Waals surface area contributed by atoms with Gasteiger partial charge in [0, 0.05) is 29.2 Å². The van der Waals surface area contributed by atoms with Crippen molar-refractivity contribution in [2.45, 2.75) is 45.1 Å². The highest BCUT2D eigenvalue weighted by atomic mass is 35.5. The average Bonchev–Trinajstić information content (AvgIpc) is 3.30. The number of nitrogens with zero attached hydrogens (tertiary/aromatic N) is 5. The summed E-state index contributed by atoms with van der Waals surface area (Å²) in [4.78, 5) is 11.9. The Balaban J connectivity index is 1.36. The number of aryl methyl sites for hydroxylation is 1. The van der Waals surface area contributed by atoms with E-state index in [1.54, 1.807) is 6.20 Å². The molecule has 170 valence electrons. The Bertz CT molecular complexity index is 1140. The number of aromatic nitrogens is 4. The van der Waals surface area contributed by atoms with Gasteiger partial charge in [-0.15, -0.1) is 0 Å². The van der Waals surface area contributed by atoms with Gasteiger partial charge in [-0.05, 0) is 69.3 Å². The molecule has 0 spiro atoms. The Morgan fingerprint density at radius 3 is 2.66 bits per heavy atom. The molecule has 4 heterocycles. The molecule has 3 aromatic rings. The maximum absolute atomic E-state index is 6.73. The average molecular weight is 455 g/mol. The van der Waals surface area contributed by atoms with Crippen molar-refractivity contribution < 1.29 is 4.74 Å². The lowest BCUT2D eigenvalue weighted by atomic mass is 9.83. The van der Waals surface area contributed by atoms with Gasteiger partial charge in [-0.2, -0.15) is 5.10 Å². The predicted octanol–water partition coefficient (Wildman–Crippen LogP) is 4.67. The number of likely N-dealkylation sites (tertiary alicyclic amines) is 1. The topological polar surface area (TPSA) is 68.1 Å². The number of fused-ring (bicyclic) bond motifs is 1. The third-order valence-corrected chi connectivity index (χ3v) is 7.99. The van der Waals surface area contributed by atoms with Gasteiger partial charge in [0.25, 0.3) is 0 Å². The molecule has 2 fully saturated rings. The number of anilines is 2. The van der Waals surface area contributed by atoms with Gasteiger partial charge < -0.3 is 10.1 Å². The van der Waals surface area contributed by atoms with Gasteiger partial charge in [0.15, 0.2) is 0 Å². The van der Waals surface area contributed by atoms with Crippen molar-refractivity contribution in [1.82, 2.24) is 24.6 Å². The van der Waals surface area contributed by atoms with Crippen molar-refractivity contribution in [3.63, 3.8) is 0 Å². The van der Waals surface area contributed by atoms with E-state index in [1.807, 2.05) is 30.9 Å². The number of piperidine rings is 1. The molecule has 32 heavy (non-hydrogen) atoms. The number of benzene rings is 1. The van der Waals surface area contributed by atoms with Crippen LogP contribution in [-0.4, -0.2) is 56.5 Å². The molecule has 0 aliphatic carbocycles. The highest BCUT2D eigenvalue weighted by molar-refractivity contribution is 6.32. The fourth-order valence-electron chi connectivity index (χ4n) is 5.05. The van der Waals surface area contributed by atoms with Gasteiger partial charge in [-0.1, -0.05) is 18.5 Å². The molecule has 2 aliphatic rings. The summed E-state index contributed by atoms with van der Waals surface area (Å²) in [5.41, 5.74) is 4.20. The minimum absolute atomic E-state index is 0.149. The lowest BCUT2D eigenvalue weighted by Gasteiger charge is -2.44. The smallest absolute Gasteiger partial charge is 0.227 e. The first-order valence-electron chi connectivity index (χ1n) is 11.4. The highest BCUT2D eigenvalue weighted by Crippen LogP contribution is 2.39. The SMILES string of the molecule is Cc1c(Nc2ncc3cc(Cl)c(C4CCN([C@@]5(C)COC[C@H]5C)CC4)cc3n2)cnn1C. The van der Waals surface area contributed by atoms with Gasteiger partial charge in [-0.3, -0.25) is 9.58 Å². The number of hydrogen-bond donors (Lipinski definition) is 1. The molecule has 7 nitrogen and oxygen atoms in total. The molecule has 0 amide bonds. The van der Waals surface area contributed by atoms with E-state index in [1.165, 1.54) is 5.56 Å². The molecule has 1 aromatic carbocycles. The molecule has 2 saturated heterocycles. The van der Waals surface area contributed by atoms with Crippen LogP contribution in [0.2, 0.25) is 5.02 Å². The van der Waals surface area contributed by atoms with Crippen LogP contribution in [0.5, 0.6) is 0 Å². The van der Waals surface area contributed by atoms with Crippen LogP contribution >= 0.6 is 11.6 Å². The zero-order valence-electron chi connectivity index (χ0n) is 19.2. The maximum Gasteiger partial charge on any atom is 0.227 e. The minimum atomic E-state index is 0.149. The third-order valence-electron chi connectivity index (χ3n) is 7.66. The fourth-order valence-corrected chi connectivity index (χ4v) is 5.38. The molecule has 0 unspecified atom stereocenters. The summed E-state index contributed by atoms with van der Waals surface area (Å²) in [5, 5.41) is 9.33. The largest absolute Gasteiger partial charge is 0.379 e. The van der Waals surface area contributed by atoms with E-state index in [9.17, 15) is 0 Å². The second kappa shape index (κ2) is 8.28. The Hall–Kier alpha value is -2.22. The van der Waals surface area contributed by atoms with E-state index in [-0.39, 0.29) is 5.54 Å². The Kier molecular flexibility index (Phi) is 5.60. The van der Waals surface area contributed by atoms with Gasteiger partial charge in [0.05, 0.1) is 36.3 Å². The van der Waals surface area contributed by atoms with Gasteiger partial charge in [-0.25, -0.2) is 9.97 Å². The lowest BCUT2D eigenvalue weighted by molar-refractivity contribution is 0.0434. The Morgan fingerprint density at radius 1 is 1.22 bits per heavy atom. The number of rotatable bonds is 4. The normalized spacial score (nSPS) is 25.0. The second-order valence-corrected chi connectivity index (χ2v) is 9.96. The zero-order valence-corrected chi connectivity index (χ0v) is 20.0. The van der Waals surface area contributed by atoms with E-state index in [4.69, 9.17) is 21.3 Å². The molecule has 0 radical (unpaired) electrons. The van der Waals surface area contributed by atoms with Crippen molar-refractivity contribution in [2.75, 3.05) is 31.6 Å². The predicted molar refractivity (Wildman–Crippen MR) is 128 cm³/mol. The molecule has 0 saturated carbocycles. The van der Waals surface area contributed by atoms with Crippen LogP contribution in [0.3, 0.4) is 0 Å². The third kappa shape index (κ3) is 3.76. The molecule has 5 rings (SSSR count). The molecule has 0 bridgehead atoms. The van der Waals surface area contributed by atoms with Crippen molar-refractivity contribution in [3.05, 3.63) is 40.8 Å². The van der Waals surface area contributed by atoms with Crippen LogP contribution in [0.4, 0.5) is 11.6 Å². The maximum atomic E-state index is 6.73. The Morgan fingerprint density at radius 2 is 2.00 bits per heavy atom. The first-order chi connectivity index (χ1) is 15.3. The summed E-state index contributed by atoms with van der Waals surface area (Å²) >= 11 is 6.73. The quantitative estimate of drug-likeness (QED) is 0.617. The van der Waals surface area contributed by atoms with Gasteiger partial charge in [0.2, 0.25) is 5.95 Å². The van der Waals surface area contributed by atoms with E-state index < -0.39 is 0 Å². The number of halogens is 1. The van der Waals surface area contributed by atoms with Crippen LogP contribution < -0.4 is 5.32 Å². The van der Waals surface area contributed by atoms with Crippen LogP contribution in [0.1, 0.15) is 43.9 Å². The van der Waals surface area contributed by atoms with Crippen LogP contribution in [0.25, 0.3) is 10.9 Å². The second-order valence-electron chi connectivity index (χ2n) is 9.55. The van der Waals surface area contributed by atoms with Crippen molar-refractivity contribution in [1.29, 1.82) is 0 Å². The highest BCUT2D eigenvalue weighted by Gasteiger charge is 2.43. The molecular formula is C24H31ClN6O. The summed E-state index contributed by atoms with van der Waals surface area (Å²) < 4.78 is 7.60. The summed E-state index contributed by atoms with van der Waals surface area (Å²) in [6, 6.07) is 4.16. The number of nitrogens with one attached hydrogen (secondary N) is 1. The summed E-state index contributed by atoms with van der Waals surface area (Å²) in [5.74, 6) is 1.57. The van der Waals surface area contributed by atoms with Crippen LogP contribution in [0, 0.1) is 12.8 Å². The lowest BCUT2D eigenvalue weighted by Crippen LogP contribution is -2.53. The molecular weight excluding hydrogens is 424 g/mol. The van der Waals surface area contributed by atoms with Crippen LogP contribution in [-0.2, 0) is 11.8 Å². The standard InChI is InChI=1S/C24H31ClN6O/c1-15-13-32-14-24(15,3)31-7-5-17(6-8-31)19-10-21-18(9-20(19)25)11-26-23(28-21)29-22-12-27-30(4)16(22)2/h9-12,15,17H,5-8,13-14H2,1-4H3,(H,26,28,29)/t15-,24+/m1/s1. The summed E-state index contributed by atoms with van der Waals surface area (Å²) in [7, 11) is 1.92. The molecule has 1 N–H and O–H groups in total.